The molecule has 1 aliphatic carbocycles. The van der Waals surface area contributed by atoms with Gasteiger partial charge in [-0.05, 0) is 6.42 Å². The van der Waals surface area contributed by atoms with E-state index in [9.17, 15) is 35.5 Å². The van der Waals surface area contributed by atoms with Crippen molar-refractivity contribution in [1.29, 1.82) is 0 Å². The van der Waals surface area contributed by atoms with Gasteiger partial charge in [0.1, 0.15) is 12.3 Å². The number of alkyl halides is 5. The number of aromatic nitrogens is 2. The van der Waals surface area contributed by atoms with Crippen molar-refractivity contribution in [3.8, 4) is 0 Å². The molecule has 0 saturated heterocycles. The maximum Gasteiger partial charge on any atom is 0.278 e. The fourth-order valence-electron chi connectivity index (χ4n) is 2.57. The van der Waals surface area contributed by atoms with Crippen LogP contribution in [0, 0.1) is 5.92 Å². The number of nitrogens with zero attached hydrogens (tertiary/aromatic N) is 2. The Morgan fingerprint density at radius 2 is 1.96 bits per heavy atom. The van der Waals surface area contributed by atoms with E-state index in [1.54, 1.807) is 0 Å². The molecule has 2 unspecified atom stereocenters. The average Bonchev–Trinajstić information content (AvgIpc) is 2.81. The third kappa shape index (κ3) is 3.41. The largest absolute Gasteiger partial charge is 0.382 e. The number of sulfone groups is 1. The van der Waals surface area contributed by atoms with E-state index in [4.69, 9.17) is 0 Å². The molecule has 138 valence electrons. The molecule has 0 fully saturated rings. The normalized spacial score (nSPS) is 23.1. The van der Waals surface area contributed by atoms with Crippen molar-refractivity contribution in [2.24, 2.45) is 5.92 Å². The maximum absolute atomic E-state index is 14.0. The average molecular weight is 376 g/mol. The number of fused-ring (bicyclic) bond motifs is 1. The van der Waals surface area contributed by atoms with Crippen LogP contribution in [-0.2, 0) is 22.8 Å². The van der Waals surface area contributed by atoms with E-state index >= 15 is 0 Å². The second-order valence-corrected chi connectivity index (χ2v) is 7.92. The number of aliphatic hydroxyl groups excluding tert-OH is 1. The van der Waals surface area contributed by atoms with E-state index in [-0.39, 0.29) is 12.1 Å². The first-order valence-electron chi connectivity index (χ1n) is 7.14. The van der Waals surface area contributed by atoms with Gasteiger partial charge in [-0.25, -0.2) is 30.4 Å². The van der Waals surface area contributed by atoms with Crippen molar-refractivity contribution in [2.45, 2.75) is 56.0 Å². The van der Waals surface area contributed by atoms with Gasteiger partial charge in [-0.3, -0.25) is 4.68 Å². The summed E-state index contributed by atoms with van der Waals surface area (Å²) in [7, 11) is -4.07. The van der Waals surface area contributed by atoms with Crippen LogP contribution in [0.2, 0.25) is 0 Å². The standard InChI is InChI=1S/C13H17F5N2O3S/c1-6(11(15)16)7(14)5-20-8-3-4-13(17,18)10(21)9(8)12(19-20)24(2,22)23/h6-7,10-11,21H,3-5H2,1-2H3/t6?,7?,10-/m0/s1. The Balaban J connectivity index is 2.49. The zero-order valence-corrected chi connectivity index (χ0v) is 13.7. The molecule has 1 heterocycles. The Labute approximate surface area is 135 Å². The van der Waals surface area contributed by atoms with Gasteiger partial charge < -0.3 is 5.11 Å². The Morgan fingerprint density at radius 3 is 2.46 bits per heavy atom. The van der Waals surface area contributed by atoms with Gasteiger partial charge in [0.15, 0.2) is 14.9 Å². The van der Waals surface area contributed by atoms with Gasteiger partial charge in [-0.1, -0.05) is 6.92 Å². The van der Waals surface area contributed by atoms with E-state index in [2.05, 4.69) is 5.10 Å². The van der Waals surface area contributed by atoms with Crippen LogP contribution in [0.25, 0.3) is 0 Å². The summed E-state index contributed by atoms with van der Waals surface area (Å²) in [6, 6.07) is 0. The Morgan fingerprint density at radius 1 is 1.38 bits per heavy atom. The Kier molecular flexibility index (Phi) is 4.97. The summed E-state index contributed by atoms with van der Waals surface area (Å²) in [5, 5.41) is 12.6. The number of aliphatic hydroxyl groups is 1. The molecule has 24 heavy (non-hydrogen) atoms. The quantitative estimate of drug-likeness (QED) is 0.800. The van der Waals surface area contributed by atoms with Crippen molar-refractivity contribution < 1.29 is 35.5 Å². The van der Waals surface area contributed by atoms with Gasteiger partial charge >= 0.3 is 0 Å². The number of hydrogen-bond donors (Lipinski definition) is 1. The van der Waals surface area contributed by atoms with Crippen molar-refractivity contribution in [3.05, 3.63) is 11.3 Å². The molecule has 0 amide bonds. The third-order valence-electron chi connectivity index (χ3n) is 4.10. The number of rotatable bonds is 5. The highest BCUT2D eigenvalue weighted by Crippen LogP contribution is 2.44. The van der Waals surface area contributed by atoms with Gasteiger partial charge in [0.2, 0.25) is 6.43 Å². The second-order valence-electron chi connectivity index (χ2n) is 5.99. The van der Waals surface area contributed by atoms with Crippen molar-refractivity contribution >= 4 is 9.84 Å². The number of halogens is 5. The van der Waals surface area contributed by atoms with Crippen LogP contribution in [0.3, 0.4) is 0 Å². The molecule has 0 aliphatic heterocycles. The second kappa shape index (κ2) is 6.25. The first kappa shape index (κ1) is 19.1. The highest BCUT2D eigenvalue weighted by molar-refractivity contribution is 7.90. The molecular weight excluding hydrogens is 359 g/mol. The lowest BCUT2D eigenvalue weighted by Crippen LogP contribution is -2.33. The van der Waals surface area contributed by atoms with Crippen molar-refractivity contribution in [3.63, 3.8) is 0 Å². The highest BCUT2D eigenvalue weighted by atomic mass is 32.2. The van der Waals surface area contributed by atoms with Crippen LogP contribution >= 0.6 is 0 Å². The van der Waals surface area contributed by atoms with E-state index < -0.39 is 63.9 Å². The van der Waals surface area contributed by atoms with Crippen LogP contribution in [-0.4, -0.2) is 48.1 Å². The molecule has 1 aliphatic rings. The van der Waals surface area contributed by atoms with E-state index in [0.29, 0.717) is 6.26 Å². The first-order chi connectivity index (χ1) is 10.9. The van der Waals surface area contributed by atoms with Gasteiger partial charge in [-0.15, -0.1) is 0 Å². The van der Waals surface area contributed by atoms with Crippen molar-refractivity contribution in [1.82, 2.24) is 9.78 Å². The fraction of sp³-hybridized carbons (Fsp3) is 0.769. The van der Waals surface area contributed by atoms with E-state index in [1.165, 1.54) is 0 Å². The summed E-state index contributed by atoms with van der Waals surface area (Å²) in [4.78, 5) is 0. The Hall–Kier alpha value is -1.23. The number of hydrogen-bond acceptors (Lipinski definition) is 4. The molecule has 2 rings (SSSR count). The maximum atomic E-state index is 14.0. The zero-order valence-electron chi connectivity index (χ0n) is 12.9. The first-order valence-corrected chi connectivity index (χ1v) is 9.03. The van der Waals surface area contributed by atoms with Crippen molar-refractivity contribution in [2.75, 3.05) is 6.26 Å². The van der Waals surface area contributed by atoms with Crippen LogP contribution in [0.1, 0.15) is 30.7 Å². The minimum atomic E-state index is -4.07. The minimum absolute atomic E-state index is 0.0713. The summed E-state index contributed by atoms with van der Waals surface area (Å²) in [6.45, 7) is 0.271. The molecule has 1 aromatic heterocycles. The summed E-state index contributed by atoms with van der Waals surface area (Å²) >= 11 is 0. The lowest BCUT2D eigenvalue weighted by Gasteiger charge is -2.28. The van der Waals surface area contributed by atoms with Gasteiger partial charge in [-0.2, -0.15) is 5.10 Å². The molecule has 3 atom stereocenters. The monoisotopic (exact) mass is 376 g/mol. The summed E-state index contributed by atoms with van der Waals surface area (Å²) in [5.74, 6) is -5.19. The van der Waals surface area contributed by atoms with E-state index in [0.717, 1.165) is 11.6 Å². The van der Waals surface area contributed by atoms with E-state index in [1.807, 2.05) is 0 Å². The van der Waals surface area contributed by atoms with Crippen LogP contribution < -0.4 is 0 Å². The molecule has 1 aromatic rings. The summed E-state index contributed by atoms with van der Waals surface area (Å²) < 4.78 is 90.8. The molecule has 11 heteroatoms. The van der Waals surface area contributed by atoms with Gasteiger partial charge in [0, 0.05) is 23.9 Å². The molecule has 0 aromatic carbocycles. The topological polar surface area (TPSA) is 72.2 Å². The van der Waals surface area contributed by atoms with Crippen LogP contribution in [0.4, 0.5) is 22.0 Å². The van der Waals surface area contributed by atoms with Crippen LogP contribution in [0.5, 0.6) is 0 Å². The summed E-state index contributed by atoms with van der Waals surface area (Å²) in [6.07, 6.45) is -7.80. The molecule has 0 bridgehead atoms. The summed E-state index contributed by atoms with van der Waals surface area (Å²) in [5.41, 5.74) is -0.649. The molecule has 0 radical (unpaired) electrons. The lowest BCUT2D eigenvalue weighted by molar-refractivity contribution is -0.123. The predicted molar refractivity (Wildman–Crippen MR) is 73.6 cm³/mol. The Bertz CT molecular complexity index is 719. The molecular formula is C13H17F5N2O3S. The molecule has 0 saturated carbocycles. The van der Waals surface area contributed by atoms with Gasteiger partial charge in [0.25, 0.3) is 5.92 Å². The molecule has 0 spiro atoms. The van der Waals surface area contributed by atoms with Gasteiger partial charge in [0.05, 0.1) is 12.5 Å². The minimum Gasteiger partial charge on any atom is -0.382 e. The zero-order chi connectivity index (χ0) is 18.4. The lowest BCUT2D eigenvalue weighted by atomic mass is 9.91. The van der Waals surface area contributed by atoms with Crippen LogP contribution in [0.15, 0.2) is 5.03 Å². The molecule has 5 nitrogen and oxygen atoms in total. The third-order valence-corrected chi connectivity index (χ3v) is 5.10. The smallest absolute Gasteiger partial charge is 0.278 e. The highest BCUT2D eigenvalue weighted by Gasteiger charge is 2.48. The SMILES string of the molecule is CC(C(F)F)C(F)Cn1nc(S(C)(=O)=O)c2c1CCC(F)(F)[C@H]2O. The molecule has 1 N–H and O–H groups in total. The predicted octanol–water partition coefficient (Wildman–Crippen LogP) is 2.14. The fourth-order valence-corrected chi connectivity index (χ4v) is 3.45.